The maximum absolute atomic E-state index is 12.5. The molecule has 28 heavy (non-hydrogen) atoms. The molecule has 0 aromatic carbocycles. The molecule has 8 nitrogen and oxygen atoms in total. The van der Waals surface area contributed by atoms with Crippen LogP contribution in [0.5, 0.6) is 0 Å². The van der Waals surface area contributed by atoms with Crippen molar-refractivity contribution in [2.45, 2.75) is 34.1 Å². The summed E-state index contributed by atoms with van der Waals surface area (Å²) in [6, 6.07) is 0. The Hall–Kier alpha value is -2.13. The summed E-state index contributed by atoms with van der Waals surface area (Å²) in [4.78, 5) is 41.3. The first-order valence-corrected chi connectivity index (χ1v) is 10.5. The molecular weight excluding hydrogens is 382 g/mol. The molecule has 0 radical (unpaired) electrons. The van der Waals surface area contributed by atoms with Gasteiger partial charge in [0.25, 0.3) is 0 Å². The molecule has 0 saturated carbocycles. The second-order valence-corrected chi connectivity index (χ2v) is 7.54. The molecule has 2 rings (SSSR count). The maximum Gasteiger partial charge on any atom is 0.409 e. The van der Waals surface area contributed by atoms with Crippen LogP contribution in [0.3, 0.4) is 0 Å². The first kappa shape index (κ1) is 22.2. The largest absolute Gasteiger partial charge is 0.462 e. The van der Waals surface area contributed by atoms with Crippen molar-refractivity contribution in [3.63, 3.8) is 0 Å². The summed E-state index contributed by atoms with van der Waals surface area (Å²) in [5.74, 6) is -0.590. The third-order valence-electron chi connectivity index (χ3n) is 4.56. The lowest BCUT2D eigenvalue weighted by Gasteiger charge is -2.33. The predicted octanol–water partition coefficient (Wildman–Crippen LogP) is 2.51. The smallest absolute Gasteiger partial charge is 0.409 e. The predicted molar refractivity (Wildman–Crippen MR) is 108 cm³/mol. The number of anilines is 1. The second-order valence-electron chi connectivity index (χ2n) is 6.44. The molecule has 1 saturated heterocycles. The van der Waals surface area contributed by atoms with Gasteiger partial charge in [-0.3, -0.25) is 9.69 Å². The van der Waals surface area contributed by atoms with E-state index < -0.39 is 5.97 Å². The lowest BCUT2D eigenvalue weighted by molar-refractivity contribution is -0.117. The van der Waals surface area contributed by atoms with Crippen molar-refractivity contribution in [2.75, 3.05) is 51.3 Å². The van der Waals surface area contributed by atoms with Gasteiger partial charge in [-0.2, -0.15) is 0 Å². The van der Waals surface area contributed by atoms with Crippen LogP contribution in [0.25, 0.3) is 0 Å². The van der Waals surface area contributed by atoms with Crippen molar-refractivity contribution < 1.29 is 23.9 Å². The third-order valence-corrected chi connectivity index (χ3v) is 5.92. The molecule has 0 unspecified atom stereocenters. The summed E-state index contributed by atoms with van der Waals surface area (Å²) < 4.78 is 10.2. The van der Waals surface area contributed by atoms with E-state index in [1.807, 2.05) is 18.7 Å². The van der Waals surface area contributed by atoms with Crippen LogP contribution in [0.15, 0.2) is 0 Å². The number of esters is 1. The normalized spacial score (nSPS) is 14.6. The van der Waals surface area contributed by atoms with Gasteiger partial charge in [0, 0.05) is 31.1 Å². The molecule has 0 bridgehead atoms. The molecule has 9 heteroatoms. The number of piperazine rings is 1. The van der Waals surface area contributed by atoms with E-state index in [0.717, 1.165) is 16.9 Å². The number of rotatable bonds is 7. The number of carbonyl (C=O) groups is 3. The molecule has 0 atom stereocenters. The van der Waals surface area contributed by atoms with Gasteiger partial charge in [-0.05, 0) is 32.8 Å². The molecule has 2 amide bonds. The minimum atomic E-state index is -0.408. The highest BCUT2D eigenvalue weighted by atomic mass is 32.1. The molecule has 2 heterocycles. The highest BCUT2D eigenvalue weighted by Crippen LogP contribution is 2.34. The summed E-state index contributed by atoms with van der Waals surface area (Å²) in [7, 11) is 0. The number of nitrogens with zero attached hydrogens (tertiary/aromatic N) is 2. The summed E-state index contributed by atoms with van der Waals surface area (Å²) >= 11 is 1.42. The van der Waals surface area contributed by atoms with Gasteiger partial charge in [-0.1, -0.05) is 6.92 Å². The monoisotopic (exact) mass is 411 g/mol. The van der Waals surface area contributed by atoms with Gasteiger partial charge in [-0.15, -0.1) is 11.3 Å². The van der Waals surface area contributed by atoms with Crippen LogP contribution < -0.4 is 5.32 Å². The number of ether oxygens (including phenoxy) is 2. The van der Waals surface area contributed by atoms with Gasteiger partial charge in [0.05, 0.1) is 25.3 Å². The zero-order valence-corrected chi connectivity index (χ0v) is 17.8. The molecule has 156 valence electrons. The van der Waals surface area contributed by atoms with Crippen LogP contribution in [-0.2, 0) is 20.7 Å². The fourth-order valence-electron chi connectivity index (χ4n) is 3.11. The van der Waals surface area contributed by atoms with Gasteiger partial charge < -0.3 is 19.7 Å². The number of nitrogens with one attached hydrogen (secondary N) is 1. The Kier molecular flexibility index (Phi) is 8.25. The SMILES string of the molecule is CCOC(=O)c1c(NC(=O)CN2CCN(C(=O)OCC)CC2)sc(CC)c1C. The Bertz CT molecular complexity index is 711. The van der Waals surface area contributed by atoms with Gasteiger partial charge in [-0.25, -0.2) is 9.59 Å². The number of hydrogen-bond donors (Lipinski definition) is 1. The third kappa shape index (κ3) is 5.45. The molecule has 1 fully saturated rings. The summed E-state index contributed by atoms with van der Waals surface area (Å²) in [5.41, 5.74) is 1.31. The fourth-order valence-corrected chi connectivity index (χ4v) is 4.26. The summed E-state index contributed by atoms with van der Waals surface area (Å²) in [5, 5.41) is 3.42. The molecule has 1 aromatic rings. The maximum atomic E-state index is 12.5. The van der Waals surface area contributed by atoms with Crippen molar-refractivity contribution in [1.82, 2.24) is 9.80 Å². The van der Waals surface area contributed by atoms with Crippen molar-refractivity contribution in [2.24, 2.45) is 0 Å². The van der Waals surface area contributed by atoms with Crippen LogP contribution in [-0.4, -0.2) is 73.7 Å². The highest BCUT2D eigenvalue weighted by molar-refractivity contribution is 7.17. The van der Waals surface area contributed by atoms with Crippen molar-refractivity contribution in [3.8, 4) is 0 Å². The second kappa shape index (κ2) is 10.4. The first-order valence-electron chi connectivity index (χ1n) is 9.64. The van der Waals surface area contributed by atoms with Crippen molar-refractivity contribution in [1.29, 1.82) is 0 Å². The number of aryl methyl sites for hydroxylation is 1. The van der Waals surface area contributed by atoms with E-state index in [1.165, 1.54) is 11.3 Å². The average Bonchev–Trinajstić information content (AvgIpc) is 2.97. The molecule has 1 aliphatic heterocycles. The molecule has 1 aliphatic rings. The van der Waals surface area contributed by atoms with Gasteiger partial charge in [0.15, 0.2) is 0 Å². The number of hydrogen-bond acceptors (Lipinski definition) is 7. The van der Waals surface area contributed by atoms with Gasteiger partial charge >= 0.3 is 12.1 Å². The molecule has 0 spiro atoms. The van der Waals surface area contributed by atoms with Crippen LogP contribution in [0.2, 0.25) is 0 Å². The Balaban J connectivity index is 1.97. The average molecular weight is 412 g/mol. The highest BCUT2D eigenvalue weighted by Gasteiger charge is 2.26. The summed E-state index contributed by atoms with van der Waals surface area (Å²) in [6.45, 7) is 10.5. The van der Waals surface area contributed by atoms with Crippen LogP contribution in [0, 0.1) is 6.92 Å². The van der Waals surface area contributed by atoms with E-state index in [1.54, 1.807) is 18.7 Å². The molecule has 0 aliphatic carbocycles. The van der Waals surface area contributed by atoms with Gasteiger partial charge in [0.2, 0.25) is 5.91 Å². The Morgan fingerprint density at radius 3 is 2.25 bits per heavy atom. The zero-order valence-electron chi connectivity index (χ0n) is 17.0. The minimum Gasteiger partial charge on any atom is -0.462 e. The van der Waals surface area contributed by atoms with E-state index in [9.17, 15) is 14.4 Å². The molecular formula is C19H29N3O5S. The van der Waals surface area contributed by atoms with Crippen molar-refractivity contribution in [3.05, 3.63) is 16.0 Å². The number of thiophene rings is 1. The zero-order chi connectivity index (χ0) is 20.7. The molecule has 1 aromatic heterocycles. The minimum absolute atomic E-state index is 0.181. The lowest BCUT2D eigenvalue weighted by Crippen LogP contribution is -2.50. The van der Waals surface area contributed by atoms with E-state index in [2.05, 4.69) is 5.32 Å². The Morgan fingerprint density at radius 1 is 1.04 bits per heavy atom. The van der Waals surface area contributed by atoms with Crippen molar-refractivity contribution >= 4 is 34.3 Å². The van der Waals surface area contributed by atoms with Crippen LogP contribution >= 0.6 is 11.3 Å². The topological polar surface area (TPSA) is 88.2 Å². The fraction of sp³-hybridized carbons (Fsp3) is 0.632. The van der Waals surface area contributed by atoms with Gasteiger partial charge in [0.1, 0.15) is 5.00 Å². The Labute approximate surface area is 169 Å². The quantitative estimate of drug-likeness (QED) is 0.694. The first-order chi connectivity index (χ1) is 13.4. The van der Waals surface area contributed by atoms with E-state index in [4.69, 9.17) is 9.47 Å². The standard InChI is InChI=1S/C19H29N3O5S/c1-5-14-13(4)16(18(24)26-6-2)17(28-14)20-15(23)12-21-8-10-22(11-9-21)19(25)27-7-3/h5-12H2,1-4H3,(H,20,23). The van der Waals surface area contributed by atoms with E-state index >= 15 is 0 Å². The number of amides is 2. The molecule has 1 N–H and O–H groups in total. The van der Waals surface area contributed by atoms with Crippen LogP contribution in [0.1, 0.15) is 41.6 Å². The lowest BCUT2D eigenvalue weighted by atomic mass is 10.1. The van der Waals surface area contributed by atoms with E-state index in [0.29, 0.717) is 43.4 Å². The Morgan fingerprint density at radius 2 is 1.68 bits per heavy atom. The van der Waals surface area contributed by atoms with E-state index in [-0.39, 0.29) is 25.2 Å². The van der Waals surface area contributed by atoms with Crippen LogP contribution in [0.4, 0.5) is 9.80 Å². The number of carbonyl (C=O) groups excluding carboxylic acids is 3. The summed E-state index contributed by atoms with van der Waals surface area (Å²) in [6.07, 6.45) is 0.473.